The number of hydrogen-bond donors (Lipinski definition) is 5. The average Bonchev–Trinajstić information content (AvgIpc) is 3.13. The van der Waals surface area contributed by atoms with Crippen LogP contribution in [0, 0.1) is 5.41 Å². The van der Waals surface area contributed by atoms with E-state index in [1.807, 2.05) is 0 Å². The summed E-state index contributed by atoms with van der Waals surface area (Å²) in [7, 11) is 0. The molecule has 1 aromatic carbocycles. The highest BCUT2D eigenvalue weighted by Gasteiger charge is 2.39. The Morgan fingerprint density at radius 3 is 1.94 bits per heavy atom. The van der Waals surface area contributed by atoms with E-state index in [2.05, 4.69) is 5.32 Å². The highest BCUT2D eigenvalue weighted by atomic mass is 16.6. The third kappa shape index (κ3) is 6.76. The van der Waals surface area contributed by atoms with Crippen molar-refractivity contribution in [3.8, 4) is 0 Å². The second kappa shape index (κ2) is 10.5. The van der Waals surface area contributed by atoms with E-state index in [0.717, 1.165) is 0 Å². The van der Waals surface area contributed by atoms with Crippen molar-refractivity contribution >= 4 is 29.6 Å². The van der Waals surface area contributed by atoms with Crippen molar-refractivity contribution in [1.29, 1.82) is 5.41 Å². The number of ether oxygens (including phenoxy) is 2. The van der Waals surface area contributed by atoms with Crippen LogP contribution < -0.4 is 11.1 Å². The molecule has 12 nitrogen and oxygen atoms in total. The number of carbonyl (C=O) groups is 4. The Labute approximate surface area is 177 Å². The molecule has 0 aromatic heterocycles. The highest BCUT2D eigenvalue weighted by molar-refractivity contribution is 5.99. The molecular weight excluding hydrogens is 412 g/mol. The van der Waals surface area contributed by atoms with Gasteiger partial charge in [-0.25, -0.2) is 9.59 Å². The molecule has 0 aliphatic carbocycles. The first-order valence-corrected chi connectivity index (χ1v) is 9.29. The standard InChI is InChI=1S/C19H24N4O8/c1-10(22-18(28)12-4-2-11(3-5-12)17(20)21)19(29)23-6-13(30-8-15(24)25)14(7-23)31-9-16(26)27/h2-5,10,13-14H,6-9H2,1H3,(H3,20,21)(H,22,28)(H,24,25)(H,26,27)/t10?,13-,14+. The number of nitrogen functional groups attached to an aromatic ring is 1. The van der Waals surface area contributed by atoms with Crippen molar-refractivity contribution in [3.05, 3.63) is 35.4 Å². The summed E-state index contributed by atoms with van der Waals surface area (Å²) in [6, 6.07) is 5.06. The van der Waals surface area contributed by atoms with Crippen LogP contribution in [-0.4, -0.2) is 89.3 Å². The number of benzene rings is 1. The SMILES string of the molecule is CC(NC(=O)c1ccc(C(=N)N)cc1)C(=O)N1C[C@H](OCC(=O)O)[C@H](OCC(=O)O)C1. The molecule has 0 radical (unpaired) electrons. The number of nitrogens with one attached hydrogen (secondary N) is 2. The minimum absolute atomic E-state index is 0.0100. The topological polar surface area (TPSA) is 192 Å². The Balaban J connectivity index is 1.99. The minimum Gasteiger partial charge on any atom is -0.480 e. The normalized spacial score (nSPS) is 18.9. The van der Waals surface area contributed by atoms with E-state index in [-0.39, 0.29) is 24.5 Å². The van der Waals surface area contributed by atoms with Crippen molar-refractivity contribution in [2.24, 2.45) is 5.73 Å². The van der Waals surface area contributed by atoms with Gasteiger partial charge in [0, 0.05) is 24.2 Å². The van der Waals surface area contributed by atoms with Gasteiger partial charge in [-0.3, -0.25) is 15.0 Å². The van der Waals surface area contributed by atoms with E-state index in [1.165, 1.54) is 36.1 Å². The van der Waals surface area contributed by atoms with Crippen LogP contribution in [0.4, 0.5) is 0 Å². The van der Waals surface area contributed by atoms with Crippen molar-refractivity contribution in [2.75, 3.05) is 26.3 Å². The number of amidine groups is 1. The molecule has 1 aliphatic heterocycles. The smallest absolute Gasteiger partial charge is 0.329 e. The van der Waals surface area contributed by atoms with Gasteiger partial charge >= 0.3 is 11.9 Å². The zero-order valence-electron chi connectivity index (χ0n) is 16.7. The largest absolute Gasteiger partial charge is 0.480 e. The van der Waals surface area contributed by atoms with E-state index in [1.54, 1.807) is 0 Å². The van der Waals surface area contributed by atoms with Gasteiger partial charge in [0.1, 0.15) is 37.3 Å². The molecule has 1 unspecified atom stereocenters. The maximum absolute atomic E-state index is 12.7. The second-order valence-electron chi connectivity index (χ2n) is 6.92. The van der Waals surface area contributed by atoms with Crippen LogP contribution in [0.25, 0.3) is 0 Å². The summed E-state index contributed by atoms with van der Waals surface area (Å²) in [5.41, 5.74) is 6.11. The fourth-order valence-corrected chi connectivity index (χ4v) is 3.02. The number of likely N-dealkylation sites (tertiary alicyclic amines) is 1. The molecule has 1 aliphatic rings. The van der Waals surface area contributed by atoms with E-state index >= 15 is 0 Å². The number of amides is 2. The molecule has 168 valence electrons. The number of carboxylic acids is 2. The molecule has 31 heavy (non-hydrogen) atoms. The number of nitrogens with zero attached hydrogens (tertiary/aromatic N) is 1. The van der Waals surface area contributed by atoms with Gasteiger partial charge in [-0.15, -0.1) is 0 Å². The number of rotatable bonds is 10. The summed E-state index contributed by atoms with van der Waals surface area (Å²) in [5.74, 6) is -3.52. The lowest BCUT2D eigenvalue weighted by molar-refractivity contribution is -0.152. The lowest BCUT2D eigenvalue weighted by atomic mass is 10.1. The van der Waals surface area contributed by atoms with Crippen LogP contribution in [0.3, 0.4) is 0 Å². The van der Waals surface area contributed by atoms with Crippen molar-refractivity contribution < 1.29 is 38.9 Å². The Kier molecular flexibility index (Phi) is 8.05. The quantitative estimate of drug-likeness (QED) is 0.223. The molecule has 0 saturated carbocycles. The molecular formula is C19H24N4O8. The summed E-state index contributed by atoms with van der Waals surface area (Å²) >= 11 is 0. The van der Waals surface area contributed by atoms with Crippen molar-refractivity contribution in [2.45, 2.75) is 25.2 Å². The second-order valence-corrected chi connectivity index (χ2v) is 6.92. The summed E-state index contributed by atoms with van der Waals surface area (Å²) in [5, 5.41) is 27.5. The zero-order valence-corrected chi connectivity index (χ0v) is 16.7. The van der Waals surface area contributed by atoms with E-state index < -0.39 is 55.2 Å². The van der Waals surface area contributed by atoms with Crippen LogP contribution in [0.15, 0.2) is 24.3 Å². The number of nitrogens with two attached hydrogens (primary N) is 1. The van der Waals surface area contributed by atoms with Gasteiger partial charge in [-0.05, 0) is 19.1 Å². The van der Waals surface area contributed by atoms with Gasteiger partial charge in [0.2, 0.25) is 5.91 Å². The first-order valence-electron chi connectivity index (χ1n) is 9.29. The van der Waals surface area contributed by atoms with Crippen LogP contribution in [0.2, 0.25) is 0 Å². The molecule has 2 amide bonds. The van der Waals surface area contributed by atoms with Crippen molar-refractivity contribution in [3.63, 3.8) is 0 Å². The summed E-state index contributed by atoms with van der Waals surface area (Å²) in [6.07, 6.45) is -1.64. The first kappa shape index (κ1) is 23.8. The average molecular weight is 436 g/mol. The van der Waals surface area contributed by atoms with E-state index in [0.29, 0.717) is 5.56 Å². The minimum atomic E-state index is -1.21. The lowest BCUT2D eigenvalue weighted by Gasteiger charge is -2.21. The molecule has 1 aromatic rings. The van der Waals surface area contributed by atoms with Gasteiger partial charge < -0.3 is 35.6 Å². The highest BCUT2D eigenvalue weighted by Crippen LogP contribution is 2.18. The fraction of sp³-hybridized carbons (Fsp3) is 0.421. The van der Waals surface area contributed by atoms with Gasteiger partial charge in [0.25, 0.3) is 5.91 Å². The molecule has 6 N–H and O–H groups in total. The number of hydrogen-bond acceptors (Lipinski definition) is 7. The van der Waals surface area contributed by atoms with Gasteiger partial charge in [-0.1, -0.05) is 12.1 Å². The van der Waals surface area contributed by atoms with Crippen LogP contribution in [-0.2, 0) is 23.9 Å². The van der Waals surface area contributed by atoms with E-state index in [4.69, 9.17) is 30.8 Å². The molecule has 0 bridgehead atoms. The lowest BCUT2D eigenvalue weighted by Crippen LogP contribution is -2.46. The maximum Gasteiger partial charge on any atom is 0.329 e. The molecule has 1 saturated heterocycles. The summed E-state index contributed by atoms with van der Waals surface area (Å²) in [6.45, 7) is 0.223. The zero-order chi connectivity index (χ0) is 23.1. The van der Waals surface area contributed by atoms with Crippen LogP contribution >= 0.6 is 0 Å². The first-order chi connectivity index (χ1) is 14.6. The third-order valence-electron chi connectivity index (χ3n) is 4.54. The Bertz CT molecular complexity index is 831. The summed E-state index contributed by atoms with van der Waals surface area (Å²) in [4.78, 5) is 48.0. The maximum atomic E-state index is 12.7. The number of carboxylic acid groups (broad SMARTS) is 2. The Hall–Kier alpha value is -3.51. The summed E-state index contributed by atoms with van der Waals surface area (Å²) < 4.78 is 10.4. The predicted molar refractivity (Wildman–Crippen MR) is 106 cm³/mol. The Morgan fingerprint density at radius 2 is 1.52 bits per heavy atom. The van der Waals surface area contributed by atoms with E-state index in [9.17, 15) is 19.2 Å². The molecule has 12 heteroatoms. The fourth-order valence-electron chi connectivity index (χ4n) is 3.02. The molecule has 1 heterocycles. The third-order valence-corrected chi connectivity index (χ3v) is 4.54. The van der Waals surface area contributed by atoms with Gasteiger partial charge in [0.05, 0.1) is 0 Å². The predicted octanol–water partition coefficient (Wildman–Crippen LogP) is -1.13. The number of aliphatic carboxylic acids is 2. The monoisotopic (exact) mass is 436 g/mol. The molecule has 0 spiro atoms. The number of carbonyl (C=O) groups excluding carboxylic acids is 2. The molecule has 3 atom stereocenters. The van der Waals surface area contributed by atoms with Crippen LogP contribution in [0.5, 0.6) is 0 Å². The van der Waals surface area contributed by atoms with Gasteiger partial charge in [-0.2, -0.15) is 0 Å². The Morgan fingerprint density at radius 1 is 1.06 bits per heavy atom. The van der Waals surface area contributed by atoms with Crippen molar-refractivity contribution in [1.82, 2.24) is 10.2 Å². The van der Waals surface area contributed by atoms with Gasteiger partial charge in [0.15, 0.2) is 0 Å². The molecule has 2 rings (SSSR count). The molecule has 1 fully saturated rings. The van der Waals surface area contributed by atoms with Crippen LogP contribution in [0.1, 0.15) is 22.8 Å².